The van der Waals surface area contributed by atoms with E-state index in [2.05, 4.69) is 4.98 Å². The van der Waals surface area contributed by atoms with E-state index in [4.69, 9.17) is 9.15 Å². The molecule has 0 aliphatic rings. The second-order valence-corrected chi connectivity index (χ2v) is 8.20. The van der Waals surface area contributed by atoms with E-state index in [0.717, 1.165) is 15.8 Å². The fourth-order valence-corrected chi connectivity index (χ4v) is 4.48. The predicted molar refractivity (Wildman–Crippen MR) is 126 cm³/mol. The highest BCUT2D eigenvalue weighted by Crippen LogP contribution is 2.33. The van der Waals surface area contributed by atoms with Gasteiger partial charge in [0.05, 0.1) is 23.9 Å². The van der Waals surface area contributed by atoms with Gasteiger partial charge >= 0.3 is 5.63 Å². The molecule has 0 N–H and O–H groups in total. The van der Waals surface area contributed by atoms with E-state index in [-0.39, 0.29) is 12.1 Å². The summed E-state index contributed by atoms with van der Waals surface area (Å²) in [6.07, 6.45) is 0. The van der Waals surface area contributed by atoms with Gasteiger partial charge in [0.1, 0.15) is 16.9 Å². The normalized spacial score (nSPS) is 11.0. The summed E-state index contributed by atoms with van der Waals surface area (Å²) in [4.78, 5) is 32.5. The lowest BCUT2D eigenvalue weighted by Gasteiger charge is -2.19. The molecule has 0 bridgehead atoms. The summed E-state index contributed by atoms with van der Waals surface area (Å²) in [5.41, 5.74) is 1.41. The van der Waals surface area contributed by atoms with E-state index in [1.807, 2.05) is 54.6 Å². The van der Waals surface area contributed by atoms with Crippen molar-refractivity contribution in [2.24, 2.45) is 0 Å². The Morgan fingerprint density at radius 3 is 2.62 bits per heavy atom. The van der Waals surface area contributed by atoms with Crippen LogP contribution in [0, 0.1) is 0 Å². The Labute approximate surface area is 187 Å². The zero-order chi connectivity index (χ0) is 22.1. The standard InChI is InChI=1S/C25H18N2O4S/c1-30-18-11-12-20-22(14-18)32-25(26-20)27(15-16-7-3-2-4-8-16)23(28)19-13-17-9-5-6-10-21(17)31-24(19)29/h2-14H,15H2,1H3. The third-order valence-corrected chi connectivity index (χ3v) is 6.16. The minimum atomic E-state index is -0.672. The molecule has 0 atom stereocenters. The number of methoxy groups -OCH3 is 1. The summed E-state index contributed by atoms with van der Waals surface area (Å²) in [6, 6.07) is 23.9. The van der Waals surface area contributed by atoms with Gasteiger partial charge < -0.3 is 9.15 Å². The third kappa shape index (κ3) is 3.74. The molecule has 158 valence electrons. The second kappa shape index (κ2) is 8.28. The highest BCUT2D eigenvalue weighted by Gasteiger charge is 2.25. The first-order chi connectivity index (χ1) is 15.6. The van der Waals surface area contributed by atoms with Crippen molar-refractivity contribution in [3.05, 3.63) is 100 Å². The van der Waals surface area contributed by atoms with Crippen LogP contribution in [0.4, 0.5) is 5.13 Å². The van der Waals surface area contributed by atoms with Gasteiger partial charge in [0.2, 0.25) is 0 Å². The molecular weight excluding hydrogens is 424 g/mol. The lowest BCUT2D eigenvalue weighted by molar-refractivity contribution is 0.0981. The maximum absolute atomic E-state index is 13.6. The van der Waals surface area contributed by atoms with Crippen LogP contribution >= 0.6 is 11.3 Å². The van der Waals surface area contributed by atoms with Crippen LogP contribution in [-0.4, -0.2) is 18.0 Å². The van der Waals surface area contributed by atoms with E-state index in [1.54, 1.807) is 31.4 Å². The number of benzene rings is 3. The van der Waals surface area contributed by atoms with Crippen LogP contribution < -0.4 is 15.3 Å². The van der Waals surface area contributed by atoms with Crippen molar-refractivity contribution < 1.29 is 13.9 Å². The summed E-state index contributed by atoms with van der Waals surface area (Å²) >= 11 is 1.37. The summed E-state index contributed by atoms with van der Waals surface area (Å²) in [6.45, 7) is 0.267. The van der Waals surface area contributed by atoms with Crippen LogP contribution in [0.5, 0.6) is 5.75 Å². The molecule has 0 aliphatic carbocycles. The van der Waals surface area contributed by atoms with E-state index in [0.29, 0.717) is 21.9 Å². The molecule has 0 unspecified atom stereocenters. The third-order valence-electron chi connectivity index (χ3n) is 5.12. The van der Waals surface area contributed by atoms with Crippen molar-refractivity contribution >= 4 is 43.6 Å². The highest BCUT2D eigenvalue weighted by atomic mass is 32.1. The SMILES string of the molecule is COc1ccc2nc(N(Cc3ccccc3)C(=O)c3cc4ccccc4oc3=O)sc2c1. The number of hydrogen-bond acceptors (Lipinski definition) is 6. The number of anilines is 1. The smallest absolute Gasteiger partial charge is 0.349 e. The molecule has 32 heavy (non-hydrogen) atoms. The Morgan fingerprint density at radius 1 is 1.03 bits per heavy atom. The van der Waals surface area contributed by atoms with Crippen molar-refractivity contribution in [2.75, 3.05) is 12.0 Å². The Kier molecular flexibility index (Phi) is 5.17. The van der Waals surface area contributed by atoms with Gasteiger partial charge in [0, 0.05) is 5.39 Å². The van der Waals surface area contributed by atoms with Crippen LogP contribution in [0.15, 0.2) is 88.1 Å². The summed E-state index contributed by atoms with van der Waals surface area (Å²) in [5, 5.41) is 1.18. The van der Waals surface area contributed by atoms with Gasteiger partial charge in [0.25, 0.3) is 5.91 Å². The van der Waals surface area contributed by atoms with Crippen LogP contribution in [0.1, 0.15) is 15.9 Å². The zero-order valence-corrected chi connectivity index (χ0v) is 18.0. The van der Waals surface area contributed by atoms with Crippen molar-refractivity contribution in [3.8, 4) is 5.75 Å². The van der Waals surface area contributed by atoms with Crippen LogP contribution in [0.25, 0.3) is 21.2 Å². The number of rotatable bonds is 5. The lowest BCUT2D eigenvalue weighted by atomic mass is 10.1. The molecule has 2 aromatic heterocycles. The average molecular weight is 442 g/mol. The first-order valence-corrected chi connectivity index (χ1v) is 10.8. The monoisotopic (exact) mass is 442 g/mol. The van der Waals surface area contributed by atoms with Gasteiger partial charge in [-0.15, -0.1) is 0 Å². The topological polar surface area (TPSA) is 72.6 Å². The van der Waals surface area contributed by atoms with E-state index < -0.39 is 11.5 Å². The number of para-hydroxylation sites is 1. The average Bonchev–Trinajstić information content (AvgIpc) is 3.25. The van der Waals surface area contributed by atoms with Gasteiger partial charge in [0.15, 0.2) is 5.13 Å². The molecule has 3 aromatic carbocycles. The minimum absolute atomic E-state index is 0.0310. The number of amides is 1. The molecule has 0 radical (unpaired) electrons. The van der Waals surface area contributed by atoms with E-state index in [1.165, 1.54) is 16.2 Å². The van der Waals surface area contributed by atoms with Crippen molar-refractivity contribution in [1.29, 1.82) is 0 Å². The number of thiazole rings is 1. The second-order valence-electron chi connectivity index (χ2n) is 7.19. The number of hydrogen-bond donors (Lipinski definition) is 0. The molecule has 0 fully saturated rings. The van der Waals surface area contributed by atoms with Crippen LogP contribution in [-0.2, 0) is 6.54 Å². The molecule has 0 spiro atoms. The Balaban J connectivity index is 1.62. The molecule has 1 amide bonds. The summed E-state index contributed by atoms with van der Waals surface area (Å²) < 4.78 is 11.6. The van der Waals surface area contributed by atoms with Gasteiger partial charge in [-0.1, -0.05) is 59.9 Å². The predicted octanol–water partition coefficient (Wildman–Crippen LogP) is 5.26. The maximum atomic E-state index is 13.6. The molecule has 6 nitrogen and oxygen atoms in total. The van der Waals surface area contributed by atoms with Crippen LogP contribution in [0.3, 0.4) is 0 Å². The number of fused-ring (bicyclic) bond motifs is 2. The fraction of sp³-hybridized carbons (Fsp3) is 0.0800. The molecule has 0 saturated carbocycles. The number of nitrogens with zero attached hydrogens (tertiary/aromatic N) is 2. The lowest BCUT2D eigenvalue weighted by Crippen LogP contribution is -2.33. The minimum Gasteiger partial charge on any atom is -0.497 e. The molecule has 7 heteroatoms. The van der Waals surface area contributed by atoms with E-state index in [9.17, 15) is 9.59 Å². The largest absolute Gasteiger partial charge is 0.497 e. The number of aromatic nitrogens is 1. The fourth-order valence-electron chi connectivity index (χ4n) is 3.48. The zero-order valence-electron chi connectivity index (χ0n) is 17.1. The summed E-state index contributed by atoms with van der Waals surface area (Å²) in [5.74, 6) is 0.253. The van der Waals surface area contributed by atoms with Crippen molar-refractivity contribution in [1.82, 2.24) is 4.98 Å². The first-order valence-electron chi connectivity index (χ1n) is 9.95. The van der Waals surface area contributed by atoms with Gasteiger partial charge in [-0.2, -0.15) is 0 Å². The number of carbonyl (C=O) groups is 1. The van der Waals surface area contributed by atoms with Crippen molar-refractivity contribution in [2.45, 2.75) is 6.54 Å². The number of ether oxygens (including phenoxy) is 1. The highest BCUT2D eigenvalue weighted by molar-refractivity contribution is 7.22. The molecule has 5 aromatic rings. The molecule has 5 rings (SSSR count). The van der Waals surface area contributed by atoms with Crippen molar-refractivity contribution in [3.63, 3.8) is 0 Å². The Morgan fingerprint density at radius 2 is 1.81 bits per heavy atom. The molecule has 0 saturated heterocycles. The van der Waals surface area contributed by atoms with Gasteiger partial charge in [-0.3, -0.25) is 9.69 Å². The van der Waals surface area contributed by atoms with Crippen LogP contribution in [0.2, 0.25) is 0 Å². The summed E-state index contributed by atoms with van der Waals surface area (Å²) in [7, 11) is 1.60. The quantitative estimate of drug-likeness (QED) is 0.347. The van der Waals surface area contributed by atoms with Gasteiger partial charge in [-0.05, 0) is 35.9 Å². The molecule has 0 aliphatic heterocycles. The molecular formula is C25H18N2O4S. The Bertz CT molecular complexity index is 1490. The maximum Gasteiger partial charge on any atom is 0.349 e. The van der Waals surface area contributed by atoms with E-state index >= 15 is 0 Å². The van der Waals surface area contributed by atoms with Gasteiger partial charge in [-0.25, -0.2) is 9.78 Å². The first kappa shape index (κ1) is 20.0. The Hall–Kier alpha value is -3.97. The number of carbonyl (C=O) groups excluding carboxylic acids is 1. The molecule has 2 heterocycles.